The second kappa shape index (κ2) is 3.38. The van der Waals surface area contributed by atoms with Gasteiger partial charge in [0.25, 0.3) is 0 Å². The van der Waals surface area contributed by atoms with Crippen LogP contribution < -0.4 is 0 Å². The van der Waals surface area contributed by atoms with Crippen LogP contribution in [0.25, 0.3) is 0 Å². The summed E-state index contributed by atoms with van der Waals surface area (Å²) in [6.45, 7) is 0. The molecule has 0 saturated heterocycles. The van der Waals surface area contributed by atoms with E-state index in [9.17, 15) is 0 Å². The molecule has 0 spiro atoms. The fourth-order valence-electron chi connectivity index (χ4n) is 4.27. The Bertz CT molecular complexity index is 266. The van der Waals surface area contributed by atoms with E-state index in [1.165, 1.54) is 32.1 Å². The summed E-state index contributed by atoms with van der Waals surface area (Å²) in [6.07, 6.45) is 7.41. The Morgan fingerprint density at radius 2 is 1.93 bits per heavy atom. The molecule has 2 bridgehead atoms. The smallest absolute Gasteiger partial charge is 0.217 e. The lowest BCUT2D eigenvalue weighted by Gasteiger charge is -2.31. The summed E-state index contributed by atoms with van der Waals surface area (Å²) >= 11 is 8.98. The Hall–Kier alpha value is 0.240. The number of thiol groups is 1. The van der Waals surface area contributed by atoms with Crippen LogP contribution in [0.15, 0.2) is 0 Å². The molecule has 5 atom stereocenters. The first kappa shape index (κ1) is 9.46. The van der Waals surface area contributed by atoms with Gasteiger partial charge in [0.05, 0.1) is 0 Å². The molecule has 0 aromatic heterocycles. The highest BCUT2D eigenvalue weighted by atomic mass is 32.1. The Balaban J connectivity index is 1.73. The van der Waals surface area contributed by atoms with Crippen LogP contribution in [0.4, 0.5) is 0 Å². The van der Waals surface area contributed by atoms with Gasteiger partial charge in [-0.2, -0.15) is 0 Å². The molecule has 3 heteroatoms. The third-order valence-electron chi connectivity index (χ3n) is 4.62. The molecular formula is C11H16OS2. The van der Waals surface area contributed by atoms with Crippen LogP contribution in [-0.4, -0.2) is 10.5 Å². The maximum Gasteiger partial charge on any atom is 0.217 e. The van der Waals surface area contributed by atoms with Crippen LogP contribution in [0.1, 0.15) is 32.1 Å². The molecule has 0 N–H and O–H groups in total. The van der Waals surface area contributed by atoms with Crippen molar-refractivity contribution < 1.29 is 4.74 Å². The van der Waals surface area contributed by atoms with Crippen LogP contribution in [-0.2, 0) is 4.74 Å². The van der Waals surface area contributed by atoms with Crippen LogP contribution in [0, 0.1) is 23.7 Å². The SMILES string of the molecule is S=C(S)O[C@H]1C[C@H]2C[C@H]1[C@H]1CCC[C@H]21. The zero-order valence-corrected chi connectivity index (χ0v) is 9.90. The summed E-state index contributed by atoms with van der Waals surface area (Å²) in [5, 5.41) is 0. The molecule has 0 aliphatic heterocycles. The molecule has 78 valence electrons. The van der Waals surface area contributed by atoms with Gasteiger partial charge < -0.3 is 4.74 Å². The van der Waals surface area contributed by atoms with E-state index in [2.05, 4.69) is 12.6 Å². The van der Waals surface area contributed by atoms with Crippen LogP contribution in [0.2, 0.25) is 0 Å². The summed E-state index contributed by atoms with van der Waals surface area (Å²) in [7, 11) is 0. The topological polar surface area (TPSA) is 9.23 Å². The lowest BCUT2D eigenvalue weighted by molar-refractivity contribution is 0.0814. The third kappa shape index (κ3) is 1.32. The first-order chi connectivity index (χ1) is 6.75. The van der Waals surface area contributed by atoms with Crippen molar-refractivity contribution in [3.63, 3.8) is 0 Å². The van der Waals surface area contributed by atoms with Crippen molar-refractivity contribution in [2.75, 3.05) is 0 Å². The molecule has 3 aliphatic carbocycles. The minimum absolute atomic E-state index is 0.407. The normalized spacial score (nSPS) is 49.4. The average Bonchev–Trinajstić information content (AvgIpc) is 2.68. The van der Waals surface area contributed by atoms with Gasteiger partial charge in [-0.3, -0.25) is 0 Å². The third-order valence-corrected chi connectivity index (χ3v) is 4.82. The maximum absolute atomic E-state index is 5.65. The van der Waals surface area contributed by atoms with Crippen molar-refractivity contribution in [1.82, 2.24) is 0 Å². The second-order valence-electron chi connectivity index (χ2n) is 5.08. The maximum atomic E-state index is 5.65. The predicted octanol–water partition coefficient (Wildman–Crippen LogP) is 3.04. The zero-order chi connectivity index (χ0) is 9.71. The highest BCUT2D eigenvalue weighted by Crippen LogP contribution is 2.59. The van der Waals surface area contributed by atoms with Gasteiger partial charge in [-0.25, -0.2) is 0 Å². The molecule has 14 heavy (non-hydrogen) atoms. The van der Waals surface area contributed by atoms with Crippen LogP contribution in [0.5, 0.6) is 0 Å². The van der Waals surface area contributed by atoms with Crippen molar-refractivity contribution in [3.8, 4) is 0 Å². The van der Waals surface area contributed by atoms with E-state index in [-0.39, 0.29) is 0 Å². The van der Waals surface area contributed by atoms with Crippen LogP contribution >= 0.6 is 24.8 Å². The second-order valence-corrected chi connectivity index (χ2v) is 6.16. The fourth-order valence-corrected chi connectivity index (χ4v) is 4.53. The van der Waals surface area contributed by atoms with E-state index < -0.39 is 0 Å². The van der Waals surface area contributed by atoms with E-state index in [0.29, 0.717) is 10.5 Å². The average molecular weight is 228 g/mol. The highest BCUT2D eigenvalue weighted by Gasteiger charge is 2.54. The Morgan fingerprint density at radius 1 is 1.14 bits per heavy atom. The molecule has 0 heterocycles. The quantitative estimate of drug-likeness (QED) is 0.545. The molecule has 3 saturated carbocycles. The standard InChI is InChI=1S/C11H16OS2/c13-11(14)12-10-5-6-4-9(10)8-3-1-2-7(6)8/h6-10H,1-5H2,(H,13,14)/t6-,7-,8+,9+,10+/m1/s1. The monoisotopic (exact) mass is 228 g/mol. The van der Waals surface area contributed by atoms with Crippen molar-refractivity contribution in [2.45, 2.75) is 38.2 Å². The van der Waals surface area contributed by atoms with E-state index in [4.69, 9.17) is 17.0 Å². The molecular weight excluding hydrogens is 212 g/mol. The number of thiocarbonyl (C=S) groups is 1. The van der Waals surface area contributed by atoms with Gasteiger partial charge in [0.15, 0.2) is 0 Å². The molecule has 1 nitrogen and oxygen atoms in total. The number of ether oxygens (including phenoxy) is 1. The summed E-state index contributed by atoms with van der Waals surface area (Å²) in [5.74, 6) is 3.74. The Labute approximate surface area is 96.0 Å². The van der Waals surface area contributed by atoms with Gasteiger partial charge in [-0.05, 0) is 61.6 Å². The lowest BCUT2D eigenvalue weighted by atomic mass is 9.80. The molecule has 0 amide bonds. The van der Waals surface area contributed by atoms with E-state index in [1.54, 1.807) is 0 Å². The van der Waals surface area contributed by atoms with Crippen molar-refractivity contribution >= 4 is 29.2 Å². The molecule has 0 radical (unpaired) electrons. The Kier molecular flexibility index (Phi) is 2.28. The van der Waals surface area contributed by atoms with Crippen LogP contribution in [0.3, 0.4) is 0 Å². The lowest BCUT2D eigenvalue weighted by Crippen LogP contribution is -2.30. The molecule has 0 unspecified atom stereocenters. The molecule has 3 rings (SSSR count). The van der Waals surface area contributed by atoms with Gasteiger partial charge in [0, 0.05) is 0 Å². The Morgan fingerprint density at radius 3 is 2.71 bits per heavy atom. The van der Waals surface area contributed by atoms with Crippen molar-refractivity contribution in [2.24, 2.45) is 23.7 Å². The number of hydrogen-bond acceptors (Lipinski definition) is 2. The van der Waals surface area contributed by atoms with Gasteiger partial charge in [-0.15, -0.1) is 0 Å². The molecule has 3 aliphatic rings. The molecule has 0 aromatic carbocycles. The number of rotatable bonds is 1. The summed E-state index contributed by atoms with van der Waals surface area (Å²) in [6, 6.07) is 0. The first-order valence-corrected chi connectivity index (χ1v) is 6.51. The van der Waals surface area contributed by atoms with E-state index in [1.807, 2.05) is 0 Å². The van der Waals surface area contributed by atoms with Gasteiger partial charge in [-0.1, -0.05) is 19.0 Å². The summed E-state index contributed by atoms with van der Waals surface area (Å²) in [5.41, 5.74) is 0. The summed E-state index contributed by atoms with van der Waals surface area (Å²) in [4.78, 5) is 0. The van der Waals surface area contributed by atoms with Crippen molar-refractivity contribution in [3.05, 3.63) is 0 Å². The molecule has 3 fully saturated rings. The predicted molar refractivity (Wildman–Crippen MR) is 63.5 cm³/mol. The minimum Gasteiger partial charge on any atom is -0.475 e. The minimum atomic E-state index is 0.407. The highest BCUT2D eigenvalue weighted by molar-refractivity contribution is 8.10. The van der Waals surface area contributed by atoms with E-state index in [0.717, 1.165) is 23.7 Å². The van der Waals surface area contributed by atoms with E-state index >= 15 is 0 Å². The largest absolute Gasteiger partial charge is 0.475 e. The molecule has 0 aromatic rings. The van der Waals surface area contributed by atoms with Gasteiger partial charge in [0.1, 0.15) is 6.10 Å². The fraction of sp³-hybridized carbons (Fsp3) is 0.909. The van der Waals surface area contributed by atoms with Gasteiger partial charge >= 0.3 is 0 Å². The first-order valence-electron chi connectivity index (χ1n) is 5.65. The van der Waals surface area contributed by atoms with Crippen molar-refractivity contribution in [1.29, 1.82) is 0 Å². The summed E-state index contributed by atoms with van der Waals surface area (Å²) < 4.78 is 6.09. The zero-order valence-electron chi connectivity index (χ0n) is 8.19. The van der Waals surface area contributed by atoms with Gasteiger partial charge in [0.2, 0.25) is 4.38 Å². The number of hydrogen-bond donors (Lipinski definition) is 1. The number of fused-ring (bicyclic) bond motifs is 5.